The molecule has 5 nitrogen and oxygen atoms in total. The molecule has 3 rings (SSSR count). The maximum Gasteiger partial charge on any atom is 0.338 e. The van der Waals surface area contributed by atoms with Gasteiger partial charge in [-0.25, -0.2) is 17.5 Å². The fourth-order valence-electron chi connectivity index (χ4n) is 3.33. The van der Waals surface area contributed by atoms with E-state index in [-0.39, 0.29) is 10.9 Å². The van der Waals surface area contributed by atoms with Crippen LogP contribution in [0.4, 0.5) is 0 Å². The molecule has 0 amide bonds. The summed E-state index contributed by atoms with van der Waals surface area (Å²) in [6.07, 6.45) is 0.776. The zero-order chi connectivity index (χ0) is 19.8. The van der Waals surface area contributed by atoms with E-state index in [1.807, 2.05) is 25.1 Å². The van der Waals surface area contributed by atoms with Crippen LogP contribution in [0.5, 0.6) is 0 Å². The molecule has 27 heavy (non-hydrogen) atoms. The summed E-state index contributed by atoms with van der Waals surface area (Å²) in [5.41, 5.74) is 5.53. The summed E-state index contributed by atoms with van der Waals surface area (Å²) in [4.78, 5) is 12.4. The Labute approximate surface area is 160 Å². The van der Waals surface area contributed by atoms with Gasteiger partial charge in [-0.1, -0.05) is 23.8 Å². The monoisotopic (exact) mass is 385 g/mol. The summed E-state index contributed by atoms with van der Waals surface area (Å²) in [6.45, 7) is 4.13. The molecule has 0 saturated heterocycles. The van der Waals surface area contributed by atoms with Crippen LogP contribution in [0, 0.1) is 0 Å². The van der Waals surface area contributed by atoms with Crippen molar-refractivity contribution in [2.24, 2.45) is 0 Å². The van der Waals surface area contributed by atoms with Crippen molar-refractivity contribution in [2.45, 2.75) is 25.2 Å². The van der Waals surface area contributed by atoms with Crippen LogP contribution >= 0.6 is 0 Å². The number of hydrogen-bond acceptors (Lipinski definition) is 4. The summed E-state index contributed by atoms with van der Waals surface area (Å²) in [7, 11) is -0.482. The maximum atomic E-state index is 12.5. The molecule has 0 saturated carbocycles. The number of allylic oxidation sites excluding steroid dienone is 1. The van der Waals surface area contributed by atoms with Crippen LogP contribution < -0.4 is 0 Å². The molecule has 1 aliphatic carbocycles. The summed E-state index contributed by atoms with van der Waals surface area (Å²) >= 11 is 0. The van der Waals surface area contributed by atoms with E-state index in [9.17, 15) is 13.2 Å². The number of benzene rings is 2. The Kier molecular flexibility index (Phi) is 5.22. The van der Waals surface area contributed by atoms with Crippen LogP contribution in [-0.4, -0.2) is 39.4 Å². The number of esters is 1. The van der Waals surface area contributed by atoms with Crippen LogP contribution in [-0.2, 0) is 21.2 Å². The highest BCUT2D eigenvalue weighted by molar-refractivity contribution is 7.89. The number of carbonyl (C=O) groups is 1. The second-order valence-corrected chi connectivity index (χ2v) is 8.89. The number of rotatable bonds is 5. The van der Waals surface area contributed by atoms with E-state index < -0.39 is 10.0 Å². The first-order valence-corrected chi connectivity index (χ1v) is 10.2. The van der Waals surface area contributed by atoms with Gasteiger partial charge >= 0.3 is 5.97 Å². The lowest BCUT2D eigenvalue weighted by Crippen LogP contribution is -2.22. The second-order valence-electron chi connectivity index (χ2n) is 6.74. The maximum absolute atomic E-state index is 12.5. The normalized spacial score (nSPS) is 13.8. The summed E-state index contributed by atoms with van der Waals surface area (Å²) in [5, 5.41) is 0. The summed E-state index contributed by atoms with van der Waals surface area (Å²) in [5.74, 6) is -0.354. The highest BCUT2D eigenvalue weighted by atomic mass is 32.2. The zero-order valence-electron chi connectivity index (χ0n) is 15.9. The molecular weight excluding hydrogens is 362 g/mol. The van der Waals surface area contributed by atoms with Crippen molar-refractivity contribution in [3.63, 3.8) is 0 Å². The lowest BCUT2D eigenvalue weighted by atomic mass is 9.96. The predicted molar refractivity (Wildman–Crippen MR) is 105 cm³/mol. The average molecular weight is 385 g/mol. The molecule has 2 aromatic rings. The van der Waals surface area contributed by atoms with Gasteiger partial charge < -0.3 is 4.74 Å². The SMILES string of the molecule is CCOC(=O)c1ccc2c(c1)C(c1cccc(S(=O)(=O)N(C)C)c1)=C(C)C2. The highest BCUT2D eigenvalue weighted by Crippen LogP contribution is 2.38. The standard InChI is InChI=1S/C21H23NO4S/c1-5-26-21(23)17-10-9-15-11-14(2)20(19(15)13-17)16-7-6-8-18(12-16)27(24,25)22(3)4/h6-10,12-13H,5,11H2,1-4H3. The molecule has 0 N–H and O–H groups in total. The van der Waals surface area contributed by atoms with E-state index >= 15 is 0 Å². The number of hydrogen-bond donors (Lipinski definition) is 0. The third-order valence-electron chi connectivity index (χ3n) is 4.67. The summed E-state index contributed by atoms with van der Waals surface area (Å²) in [6, 6.07) is 12.5. The van der Waals surface area contributed by atoms with Crippen LogP contribution in [0.15, 0.2) is 52.9 Å². The number of fused-ring (bicyclic) bond motifs is 1. The molecule has 0 aliphatic heterocycles. The molecule has 1 aliphatic rings. The Hall–Kier alpha value is -2.44. The lowest BCUT2D eigenvalue weighted by Gasteiger charge is -2.14. The van der Waals surface area contributed by atoms with Gasteiger partial charge in [-0.05, 0) is 66.8 Å². The minimum Gasteiger partial charge on any atom is -0.462 e. The predicted octanol–water partition coefficient (Wildman–Crippen LogP) is 3.49. The molecule has 0 radical (unpaired) electrons. The smallest absolute Gasteiger partial charge is 0.338 e. The van der Waals surface area contributed by atoms with Crippen molar-refractivity contribution in [2.75, 3.05) is 20.7 Å². The molecule has 142 valence electrons. The Morgan fingerprint density at radius 1 is 1.15 bits per heavy atom. The van der Waals surface area contributed by atoms with Crippen LogP contribution in [0.3, 0.4) is 0 Å². The molecule has 0 fully saturated rings. The molecule has 0 atom stereocenters. The van der Waals surface area contributed by atoms with Gasteiger partial charge in [0.2, 0.25) is 10.0 Å². The van der Waals surface area contributed by atoms with Crippen molar-refractivity contribution in [1.82, 2.24) is 4.31 Å². The van der Waals surface area contributed by atoms with Crippen molar-refractivity contribution in [3.8, 4) is 0 Å². The van der Waals surface area contributed by atoms with Crippen LogP contribution in [0.25, 0.3) is 5.57 Å². The minimum absolute atomic E-state index is 0.250. The van der Waals surface area contributed by atoms with Gasteiger partial charge in [0, 0.05) is 14.1 Å². The Morgan fingerprint density at radius 2 is 1.89 bits per heavy atom. The Bertz CT molecular complexity index is 1040. The second kappa shape index (κ2) is 7.29. The van der Waals surface area contributed by atoms with Gasteiger partial charge in [-0.3, -0.25) is 0 Å². The van der Waals surface area contributed by atoms with Crippen molar-refractivity contribution in [3.05, 3.63) is 70.3 Å². The topological polar surface area (TPSA) is 63.7 Å². The number of carbonyl (C=O) groups excluding carboxylic acids is 1. The Balaban J connectivity index is 2.09. The van der Waals surface area contributed by atoms with E-state index in [1.165, 1.54) is 18.4 Å². The third-order valence-corrected chi connectivity index (χ3v) is 6.49. The fourth-order valence-corrected chi connectivity index (χ4v) is 4.28. The first-order valence-electron chi connectivity index (χ1n) is 8.78. The Morgan fingerprint density at radius 3 is 2.56 bits per heavy atom. The van der Waals surface area contributed by atoms with Gasteiger partial charge in [0.25, 0.3) is 0 Å². The highest BCUT2D eigenvalue weighted by Gasteiger charge is 2.24. The van der Waals surface area contributed by atoms with Crippen molar-refractivity contribution in [1.29, 1.82) is 0 Å². The molecule has 0 heterocycles. The van der Waals surface area contributed by atoms with Crippen LogP contribution in [0.2, 0.25) is 0 Å². The molecule has 0 spiro atoms. The minimum atomic E-state index is -3.52. The molecule has 0 unspecified atom stereocenters. The molecular formula is C21H23NO4S. The fraction of sp³-hybridized carbons (Fsp3) is 0.286. The van der Waals surface area contributed by atoms with Gasteiger partial charge in [-0.15, -0.1) is 0 Å². The molecule has 6 heteroatoms. The van der Waals surface area contributed by atoms with Gasteiger partial charge in [0.05, 0.1) is 17.1 Å². The van der Waals surface area contributed by atoms with E-state index in [2.05, 4.69) is 0 Å². The van der Waals surface area contributed by atoms with E-state index in [0.29, 0.717) is 12.2 Å². The molecule has 0 bridgehead atoms. The lowest BCUT2D eigenvalue weighted by molar-refractivity contribution is 0.0526. The summed E-state index contributed by atoms with van der Waals surface area (Å²) < 4.78 is 31.3. The number of nitrogens with zero attached hydrogens (tertiary/aromatic N) is 1. The number of sulfonamides is 1. The van der Waals surface area contributed by atoms with Crippen LogP contribution in [0.1, 0.15) is 40.9 Å². The van der Waals surface area contributed by atoms with Gasteiger partial charge in [0.15, 0.2) is 0 Å². The molecule has 2 aromatic carbocycles. The third kappa shape index (κ3) is 3.55. The van der Waals surface area contributed by atoms with Gasteiger partial charge in [0.1, 0.15) is 0 Å². The van der Waals surface area contributed by atoms with E-state index in [0.717, 1.165) is 34.3 Å². The van der Waals surface area contributed by atoms with E-state index in [1.54, 1.807) is 31.2 Å². The zero-order valence-corrected chi connectivity index (χ0v) is 16.8. The first-order chi connectivity index (χ1) is 12.8. The average Bonchev–Trinajstić information content (AvgIpc) is 2.96. The first kappa shape index (κ1) is 19.3. The quantitative estimate of drug-likeness (QED) is 0.739. The van der Waals surface area contributed by atoms with Crippen molar-refractivity contribution < 1.29 is 17.9 Å². The van der Waals surface area contributed by atoms with Crippen molar-refractivity contribution >= 4 is 21.6 Å². The largest absolute Gasteiger partial charge is 0.462 e. The molecule has 0 aromatic heterocycles. The number of ether oxygens (including phenoxy) is 1. The van der Waals surface area contributed by atoms with Gasteiger partial charge in [-0.2, -0.15) is 0 Å². The van der Waals surface area contributed by atoms with E-state index in [4.69, 9.17) is 4.74 Å².